The lowest BCUT2D eigenvalue weighted by atomic mass is 10.3. The minimum atomic E-state index is -0.327. The molecule has 4 aromatic rings. The van der Waals surface area contributed by atoms with E-state index in [4.69, 9.17) is 0 Å². The summed E-state index contributed by atoms with van der Waals surface area (Å²) < 4.78 is 3.95. The molecule has 0 bridgehead atoms. The number of rotatable bonds is 5. The minimum absolute atomic E-state index is 0.0978. The van der Waals surface area contributed by atoms with Gasteiger partial charge in [-0.2, -0.15) is 0 Å². The summed E-state index contributed by atoms with van der Waals surface area (Å²) >= 11 is 1.31. The van der Waals surface area contributed by atoms with Gasteiger partial charge in [0, 0.05) is 19.2 Å². The average molecular weight is 409 g/mol. The van der Waals surface area contributed by atoms with E-state index in [1.165, 1.54) is 22.8 Å². The Morgan fingerprint density at radius 2 is 1.79 bits per heavy atom. The quantitative estimate of drug-likeness (QED) is 0.529. The number of hydrogen-bond donors (Lipinski definition) is 2. The van der Waals surface area contributed by atoms with E-state index in [1.54, 1.807) is 16.7 Å². The molecule has 0 spiro atoms. The maximum absolute atomic E-state index is 12.7. The highest BCUT2D eigenvalue weighted by Crippen LogP contribution is 2.28. The maximum atomic E-state index is 12.7. The van der Waals surface area contributed by atoms with Crippen LogP contribution in [0.4, 0.5) is 10.8 Å². The Labute approximate surface area is 169 Å². The van der Waals surface area contributed by atoms with Crippen LogP contribution in [-0.2, 0) is 22.7 Å². The molecule has 4 rings (SSSR count). The van der Waals surface area contributed by atoms with Crippen molar-refractivity contribution in [3.8, 4) is 0 Å². The van der Waals surface area contributed by atoms with E-state index < -0.39 is 0 Å². The lowest BCUT2D eigenvalue weighted by Gasteiger charge is -2.03. The third-order valence-electron chi connectivity index (χ3n) is 4.50. The predicted molar refractivity (Wildman–Crippen MR) is 114 cm³/mol. The van der Waals surface area contributed by atoms with Crippen molar-refractivity contribution in [1.82, 2.24) is 14.1 Å². The second kappa shape index (κ2) is 7.51. The number of para-hydroxylation sites is 2. The SMILES string of the molecule is CCn1c(=O)n(CC(=O)Nc2nc3ccc(NC(C)=O)cc3s2)c2ccccc21. The summed E-state index contributed by atoms with van der Waals surface area (Å²) in [5.41, 5.74) is 2.70. The van der Waals surface area contributed by atoms with Gasteiger partial charge in [0.15, 0.2) is 5.13 Å². The Morgan fingerprint density at radius 1 is 1.07 bits per heavy atom. The standard InChI is InChI=1S/C20H19N5O3S/c1-3-24-15-6-4-5-7-16(15)25(20(24)28)11-18(27)23-19-22-14-9-8-13(21-12(2)26)10-17(14)29-19/h4-10H,3,11H2,1-2H3,(H,21,26)(H,22,23,27). The number of nitrogens with zero attached hydrogens (tertiary/aromatic N) is 3. The van der Waals surface area contributed by atoms with Crippen LogP contribution in [-0.4, -0.2) is 25.9 Å². The van der Waals surface area contributed by atoms with Crippen molar-refractivity contribution in [2.75, 3.05) is 10.6 Å². The van der Waals surface area contributed by atoms with Crippen LogP contribution in [0.15, 0.2) is 47.3 Å². The molecule has 0 saturated carbocycles. The third kappa shape index (κ3) is 3.64. The van der Waals surface area contributed by atoms with Crippen molar-refractivity contribution >= 4 is 55.2 Å². The zero-order chi connectivity index (χ0) is 20.5. The van der Waals surface area contributed by atoms with E-state index in [2.05, 4.69) is 15.6 Å². The van der Waals surface area contributed by atoms with Gasteiger partial charge >= 0.3 is 5.69 Å². The minimum Gasteiger partial charge on any atom is -0.326 e. The van der Waals surface area contributed by atoms with Crippen LogP contribution in [0.25, 0.3) is 21.3 Å². The smallest absolute Gasteiger partial charge is 0.326 e. The van der Waals surface area contributed by atoms with Crippen molar-refractivity contribution in [3.63, 3.8) is 0 Å². The van der Waals surface area contributed by atoms with E-state index in [9.17, 15) is 14.4 Å². The highest BCUT2D eigenvalue weighted by Gasteiger charge is 2.15. The summed E-state index contributed by atoms with van der Waals surface area (Å²) in [6.07, 6.45) is 0. The van der Waals surface area contributed by atoms with Gasteiger partial charge in [-0.3, -0.25) is 18.7 Å². The second-order valence-electron chi connectivity index (χ2n) is 6.53. The average Bonchev–Trinajstić information content (AvgIpc) is 3.19. The zero-order valence-electron chi connectivity index (χ0n) is 15.9. The molecule has 0 aliphatic carbocycles. The molecular formula is C20H19N5O3S. The van der Waals surface area contributed by atoms with Crippen LogP contribution < -0.4 is 16.3 Å². The molecule has 0 unspecified atom stereocenters. The Bertz CT molecular complexity index is 1300. The van der Waals surface area contributed by atoms with Crippen LogP contribution in [0.2, 0.25) is 0 Å². The first-order chi connectivity index (χ1) is 14.0. The van der Waals surface area contributed by atoms with Crippen molar-refractivity contribution < 1.29 is 9.59 Å². The summed E-state index contributed by atoms with van der Waals surface area (Å²) in [6.45, 7) is 3.77. The third-order valence-corrected chi connectivity index (χ3v) is 5.43. The monoisotopic (exact) mass is 409 g/mol. The van der Waals surface area contributed by atoms with Crippen LogP contribution in [0.1, 0.15) is 13.8 Å². The van der Waals surface area contributed by atoms with Crippen LogP contribution in [0, 0.1) is 0 Å². The summed E-state index contributed by atoms with van der Waals surface area (Å²) in [4.78, 5) is 40.9. The maximum Gasteiger partial charge on any atom is 0.329 e. The fraction of sp³-hybridized carbons (Fsp3) is 0.200. The number of imidazole rings is 1. The number of thiazole rings is 1. The van der Waals surface area contributed by atoms with Crippen LogP contribution in [0.5, 0.6) is 0 Å². The summed E-state index contributed by atoms with van der Waals surface area (Å²) in [7, 11) is 0. The Morgan fingerprint density at radius 3 is 2.48 bits per heavy atom. The van der Waals surface area contributed by atoms with E-state index >= 15 is 0 Å². The summed E-state index contributed by atoms with van der Waals surface area (Å²) in [5, 5.41) is 5.94. The number of carbonyl (C=O) groups is 2. The van der Waals surface area contributed by atoms with Crippen molar-refractivity contribution in [3.05, 3.63) is 52.9 Å². The topological polar surface area (TPSA) is 98.0 Å². The molecule has 8 nitrogen and oxygen atoms in total. The molecule has 0 aliphatic heterocycles. The highest BCUT2D eigenvalue weighted by molar-refractivity contribution is 7.22. The molecule has 0 fully saturated rings. The molecule has 2 aromatic heterocycles. The first kappa shape index (κ1) is 18.9. The number of benzene rings is 2. The van der Waals surface area contributed by atoms with Crippen molar-refractivity contribution in [2.24, 2.45) is 0 Å². The van der Waals surface area contributed by atoms with E-state index in [-0.39, 0.29) is 24.0 Å². The van der Waals surface area contributed by atoms with E-state index in [0.717, 1.165) is 21.3 Å². The molecule has 148 valence electrons. The molecule has 0 radical (unpaired) electrons. The van der Waals surface area contributed by atoms with Gasteiger partial charge in [0.1, 0.15) is 6.54 Å². The van der Waals surface area contributed by atoms with Gasteiger partial charge in [0.25, 0.3) is 0 Å². The molecule has 29 heavy (non-hydrogen) atoms. The first-order valence-corrected chi connectivity index (χ1v) is 9.94. The molecule has 2 aromatic carbocycles. The van der Waals surface area contributed by atoms with Crippen molar-refractivity contribution in [2.45, 2.75) is 26.9 Å². The molecule has 2 amide bonds. The molecule has 2 N–H and O–H groups in total. The van der Waals surface area contributed by atoms with Gasteiger partial charge in [-0.1, -0.05) is 23.5 Å². The Kier molecular flexibility index (Phi) is 4.89. The number of nitrogens with one attached hydrogen (secondary N) is 2. The lowest BCUT2D eigenvalue weighted by Crippen LogP contribution is -2.29. The fourth-order valence-electron chi connectivity index (χ4n) is 3.29. The van der Waals surface area contributed by atoms with Gasteiger partial charge in [0.05, 0.1) is 21.3 Å². The van der Waals surface area contributed by atoms with Gasteiger partial charge in [0.2, 0.25) is 11.8 Å². The summed E-state index contributed by atoms with van der Waals surface area (Å²) in [6, 6.07) is 12.8. The lowest BCUT2D eigenvalue weighted by molar-refractivity contribution is -0.117. The number of aromatic nitrogens is 3. The number of aryl methyl sites for hydroxylation is 1. The van der Waals surface area contributed by atoms with Crippen LogP contribution >= 0.6 is 11.3 Å². The molecular weight excluding hydrogens is 390 g/mol. The van der Waals surface area contributed by atoms with Crippen molar-refractivity contribution in [1.29, 1.82) is 0 Å². The van der Waals surface area contributed by atoms with Crippen LogP contribution in [0.3, 0.4) is 0 Å². The molecule has 0 saturated heterocycles. The number of anilines is 2. The Balaban J connectivity index is 1.58. The molecule has 2 heterocycles. The molecule has 9 heteroatoms. The largest absolute Gasteiger partial charge is 0.329 e. The van der Waals surface area contributed by atoms with E-state index in [1.807, 2.05) is 37.3 Å². The Hall–Kier alpha value is -3.46. The first-order valence-electron chi connectivity index (χ1n) is 9.12. The van der Waals surface area contributed by atoms with E-state index in [0.29, 0.717) is 17.4 Å². The number of carbonyl (C=O) groups excluding carboxylic acids is 2. The molecule has 0 aliphatic rings. The number of hydrogen-bond acceptors (Lipinski definition) is 5. The number of fused-ring (bicyclic) bond motifs is 2. The highest BCUT2D eigenvalue weighted by atomic mass is 32.1. The van der Waals surface area contributed by atoms with Gasteiger partial charge in [-0.25, -0.2) is 9.78 Å². The second-order valence-corrected chi connectivity index (χ2v) is 7.56. The fourth-order valence-corrected chi connectivity index (χ4v) is 4.21. The number of amides is 2. The van der Waals surface area contributed by atoms with Gasteiger partial charge in [-0.15, -0.1) is 0 Å². The van der Waals surface area contributed by atoms with Gasteiger partial charge in [-0.05, 0) is 37.3 Å². The predicted octanol–water partition coefficient (Wildman–Crippen LogP) is 3.03. The normalized spacial score (nSPS) is 11.1. The molecule has 0 atom stereocenters. The van der Waals surface area contributed by atoms with Gasteiger partial charge < -0.3 is 10.6 Å². The zero-order valence-corrected chi connectivity index (χ0v) is 16.7. The summed E-state index contributed by atoms with van der Waals surface area (Å²) in [5.74, 6) is -0.480.